The number of hydrogen-bond donors (Lipinski definition) is 2. The van der Waals surface area contributed by atoms with E-state index in [-0.39, 0.29) is 12.5 Å². The maximum Gasteiger partial charge on any atom is 0.224 e. The largest absolute Gasteiger partial charge is 0.395 e. The zero-order valence-electron chi connectivity index (χ0n) is 9.21. The number of aliphatic hydroxyl groups is 1. The SMILES string of the molecule is Cc1ccc(CC(=O)NCCO)cc1C. The van der Waals surface area contributed by atoms with Crippen molar-refractivity contribution in [1.29, 1.82) is 0 Å². The molecule has 1 aromatic carbocycles. The van der Waals surface area contributed by atoms with Gasteiger partial charge in [0.25, 0.3) is 0 Å². The summed E-state index contributed by atoms with van der Waals surface area (Å²) < 4.78 is 0. The molecule has 2 N–H and O–H groups in total. The third kappa shape index (κ3) is 3.72. The summed E-state index contributed by atoms with van der Waals surface area (Å²) in [5.41, 5.74) is 3.44. The summed E-state index contributed by atoms with van der Waals surface area (Å²) in [7, 11) is 0. The average Bonchev–Trinajstić information content (AvgIpc) is 2.20. The number of carbonyl (C=O) groups excluding carboxylic acids is 1. The maximum absolute atomic E-state index is 11.3. The molecule has 0 bridgehead atoms. The highest BCUT2D eigenvalue weighted by Crippen LogP contribution is 2.10. The summed E-state index contributed by atoms with van der Waals surface area (Å²) in [6.45, 7) is 4.39. The van der Waals surface area contributed by atoms with Gasteiger partial charge in [-0.25, -0.2) is 0 Å². The number of benzene rings is 1. The highest BCUT2D eigenvalue weighted by Gasteiger charge is 2.03. The van der Waals surface area contributed by atoms with Crippen LogP contribution in [0.1, 0.15) is 16.7 Å². The number of carbonyl (C=O) groups is 1. The average molecular weight is 207 g/mol. The summed E-state index contributed by atoms with van der Waals surface area (Å²) in [5, 5.41) is 11.2. The Bertz CT molecular complexity index is 347. The molecule has 0 saturated heterocycles. The summed E-state index contributed by atoms with van der Waals surface area (Å²) in [5.74, 6) is -0.0488. The lowest BCUT2D eigenvalue weighted by atomic mass is 10.0. The van der Waals surface area contributed by atoms with E-state index < -0.39 is 0 Å². The molecule has 0 aliphatic carbocycles. The fraction of sp³-hybridized carbons (Fsp3) is 0.417. The number of aryl methyl sites for hydroxylation is 2. The van der Waals surface area contributed by atoms with Crippen LogP contribution in [0.25, 0.3) is 0 Å². The van der Waals surface area contributed by atoms with Gasteiger partial charge in [-0.1, -0.05) is 18.2 Å². The summed E-state index contributed by atoms with van der Waals surface area (Å²) in [6, 6.07) is 6.00. The molecule has 0 aliphatic heterocycles. The molecule has 0 saturated carbocycles. The van der Waals surface area contributed by atoms with Crippen LogP contribution in [0.4, 0.5) is 0 Å². The second-order valence-electron chi connectivity index (χ2n) is 3.67. The second-order valence-corrected chi connectivity index (χ2v) is 3.67. The van der Waals surface area contributed by atoms with Crippen LogP contribution in [0.15, 0.2) is 18.2 Å². The normalized spacial score (nSPS) is 10.1. The van der Waals surface area contributed by atoms with Gasteiger partial charge in [0.05, 0.1) is 13.0 Å². The molecule has 0 radical (unpaired) electrons. The highest BCUT2D eigenvalue weighted by atomic mass is 16.3. The summed E-state index contributed by atoms with van der Waals surface area (Å²) in [4.78, 5) is 11.3. The van der Waals surface area contributed by atoms with E-state index in [1.54, 1.807) is 0 Å². The molecule has 15 heavy (non-hydrogen) atoms. The molecule has 0 aliphatic rings. The van der Waals surface area contributed by atoms with Gasteiger partial charge in [-0.3, -0.25) is 4.79 Å². The molecule has 0 aromatic heterocycles. The Morgan fingerprint density at radius 2 is 2.07 bits per heavy atom. The number of aliphatic hydroxyl groups excluding tert-OH is 1. The Hall–Kier alpha value is -1.35. The van der Waals surface area contributed by atoms with Gasteiger partial charge in [0, 0.05) is 6.54 Å². The number of nitrogens with one attached hydrogen (secondary N) is 1. The Kier molecular flexibility index (Phi) is 4.31. The van der Waals surface area contributed by atoms with Gasteiger partial charge in [0.1, 0.15) is 0 Å². The molecule has 3 heteroatoms. The number of amides is 1. The molecule has 0 atom stereocenters. The molecule has 1 rings (SSSR count). The Labute approximate surface area is 90.1 Å². The lowest BCUT2D eigenvalue weighted by Crippen LogP contribution is -2.27. The molecule has 3 nitrogen and oxygen atoms in total. The van der Waals surface area contributed by atoms with Crippen molar-refractivity contribution in [3.8, 4) is 0 Å². The Morgan fingerprint density at radius 1 is 1.33 bits per heavy atom. The highest BCUT2D eigenvalue weighted by molar-refractivity contribution is 5.78. The van der Waals surface area contributed by atoms with E-state index in [2.05, 4.69) is 5.32 Å². The van der Waals surface area contributed by atoms with Crippen molar-refractivity contribution in [2.45, 2.75) is 20.3 Å². The van der Waals surface area contributed by atoms with Crippen LogP contribution in [0.3, 0.4) is 0 Å². The zero-order chi connectivity index (χ0) is 11.3. The first-order valence-electron chi connectivity index (χ1n) is 5.07. The molecule has 82 valence electrons. The minimum absolute atomic E-state index is 0.0152. The third-order valence-corrected chi connectivity index (χ3v) is 2.37. The van der Waals surface area contributed by atoms with Crippen molar-refractivity contribution < 1.29 is 9.90 Å². The van der Waals surface area contributed by atoms with Crippen LogP contribution in [0, 0.1) is 13.8 Å². The minimum atomic E-state index is -0.0488. The molecule has 0 fully saturated rings. The van der Waals surface area contributed by atoms with E-state index in [4.69, 9.17) is 5.11 Å². The smallest absolute Gasteiger partial charge is 0.224 e. The van der Waals surface area contributed by atoms with Gasteiger partial charge in [-0.2, -0.15) is 0 Å². The van der Waals surface area contributed by atoms with Crippen LogP contribution in [-0.2, 0) is 11.2 Å². The lowest BCUT2D eigenvalue weighted by molar-refractivity contribution is -0.120. The van der Waals surface area contributed by atoms with Crippen molar-refractivity contribution in [2.24, 2.45) is 0 Å². The van der Waals surface area contributed by atoms with Gasteiger partial charge in [0.15, 0.2) is 0 Å². The fourth-order valence-electron chi connectivity index (χ4n) is 1.36. The van der Waals surface area contributed by atoms with Crippen LogP contribution in [0.5, 0.6) is 0 Å². The predicted octanol–water partition coefficient (Wildman–Crippen LogP) is 0.954. The van der Waals surface area contributed by atoms with E-state index in [1.165, 1.54) is 11.1 Å². The van der Waals surface area contributed by atoms with E-state index in [1.807, 2.05) is 32.0 Å². The van der Waals surface area contributed by atoms with Crippen molar-refractivity contribution >= 4 is 5.91 Å². The zero-order valence-corrected chi connectivity index (χ0v) is 9.21. The van der Waals surface area contributed by atoms with Gasteiger partial charge >= 0.3 is 0 Å². The minimum Gasteiger partial charge on any atom is -0.395 e. The second kappa shape index (κ2) is 5.51. The molecule has 0 unspecified atom stereocenters. The Morgan fingerprint density at radius 3 is 2.67 bits per heavy atom. The van der Waals surface area contributed by atoms with Crippen LogP contribution in [-0.4, -0.2) is 24.2 Å². The quantitative estimate of drug-likeness (QED) is 0.772. The van der Waals surface area contributed by atoms with Crippen molar-refractivity contribution in [2.75, 3.05) is 13.2 Å². The lowest BCUT2D eigenvalue weighted by Gasteiger charge is -2.05. The van der Waals surface area contributed by atoms with E-state index >= 15 is 0 Å². The maximum atomic E-state index is 11.3. The van der Waals surface area contributed by atoms with Gasteiger partial charge < -0.3 is 10.4 Å². The van der Waals surface area contributed by atoms with Crippen molar-refractivity contribution in [1.82, 2.24) is 5.32 Å². The van der Waals surface area contributed by atoms with Crippen LogP contribution < -0.4 is 5.32 Å². The fourth-order valence-corrected chi connectivity index (χ4v) is 1.36. The monoisotopic (exact) mass is 207 g/mol. The van der Waals surface area contributed by atoms with Crippen molar-refractivity contribution in [3.63, 3.8) is 0 Å². The standard InChI is InChI=1S/C12H17NO2/c1-9-3-4-11(7-10(9)2)8-12(15)13-5-6-14/h3-4,7,14H,5-6,8H2,1-2H3,(H,13,15). The van der Waals surface area contributed by atoms with Crippen LogP contribution >= 0.6 is 0 Å². The summed E-state index contributed by atoms with van der Waals surface area (Å²) >= 11 is 0. The molecular weight excluding hydrogens is 190 g/mol. The molecular formula is C12H17NO2. The van der Waals surface area contributed by atoms with E-state index in [9.17, 15) is 4.79 Å². The predicted molar refractivity (Wildman–Crippen MR) is 59.7 cm³/mol. The Balaban J connectivity index is 2.57. The van der Waals surface area contributed by atoms with E-state index in [0.29, 0.717) is 13.0 Å². The van der Waals surface area contributed by atoms with Gasteiger partial charge in [-0.15, -0.1) is 0 Å². The van der Waals surface area contributed by atoms with Gasteiger partial charge in [-0.05, 0) is 30.5 Å². The first-order valence-corrected chi connectivity index (χ1v) is 5.07. The summed E-state index contributed by atoms with van der Waals surface area (Å²) in [6.07, 6.45) is 0.376. The van der Waals surface area contributed by atoms with E-state index in [0.717, 1.165) is 5.56 Å². The van der Waals surface area contributed by atoms with Crippen molar-refractivity contribution in [3.05, 3.63) is 34.9 Å². The first kappa shape index (κ1) is 11.7. The molecule has 0 spiro atoms. The molecule has 0 heterocycles. The van der Waals surface area contributed by atoms with Gasteiger partial charge in [0.2, 0.25) is 5.91 Å². The molecule has 1 aromatic rings. The topological polar surface area (TPSA) is 49.3 Å². The molecule has 1 amide bonds. The number of hydrogen-bond acceptors (Lipinski definition) is 2. The number of rotatable bonds is 4. The first-order chi connectivity index (χ1) is 7.13. The van der Waals surface area contributed by atoms with Crippen LogP contribution in [0.2, 0.25) is 0 Å². The third-order valence-electron chi connectivity index (χ3n) is 2.37.